The molecule has 0 aliphatic rings. The van der Waals surface area contributed by atoms with E-state index in [1.807, 2.05) is 0 Å². The highest BCUT2D eigenvalue weighted by Gasteiger charge is 2.26. The van der Waals surface area contributed by atoms with Crippen molar-refractivity contribution in [2.45, 2.75) is 11.4 Å². The average Bonchev–Trinajstić information content (AvgIpc) is 2.72. The zero-order chi connectivity index (χ0) is 21.0. The lowest BCUT2D eigenvalue weighted by atomic mass is 10.2. The standard InChI is InChI=1S/C19H15N3O6S/c23-21(24)17-8-4-6-15(12-17)14-20(16-7-5-9-18(13-16)22(25)26)29(27,28)19-10-2-1-3-11-19/h1-13H,14H2. The normalized spacial score (nSPS) is 11.0. The fourth-order valence-electron chi connectivity index (χ4n) is 2.73. The van der Waals surface area contributed by atoms with E-state index in [1.54, 1.807) is 24.3 Å². The van der Waals surface area contributed by atoms with Gasteiger partial charge in [0.05, 0.1) is 27.0 Å². The summed E-state index contributed by atoms with van der Waals surface area (Å²) in [6.07, 6.45) is 0. The van der Waals surface area contributed by atoms with E-state index in [0.29, 0.717) is 5.56 Å². The van der Waals surface area contributed by atoms with Crippen LogP contribution < -0.4 is 4.31 Å². The van der Waals surface area contributed by atoms with Crippen molar-refractivity contribution in [2.24, 2.45) is 0 Å². The SMILES string of the molecule is O=[N+]([O-])c1cccc(CN(c2cccc([N+](=O)[O-])c2)S(=O)(=O)c2ccccc2)c1. The van der Waals surface area contributed by atoms with Crippen LogP contribution in [0.5, 0.6) is 0 Å². The van der Waals surface area contributed by atoms with Crippen molar-refractivity contribution in [1.29, 1.82) is 0 Å². The Balaban J connectivity index is 2.12. The smallest absolute Gasteiger partial charge is 0.262 e. The fourth-order valence-corrected chi connectivity index (χ4v) is 4.20. The van der Waals surface area contributed by atoms with Gasteiger partial charge in [0.15, 0.2) is 0 Å². The molecule has 0 saturated carbocycles. The number of nitro benzene ring substituents is 2. The predicted molar refractivity (Wildman–Crippen MR) is 106 cm³/mol. The summed E-state index contributed by atoms with van der Waals surface area (Å²) in [5, 5.41) is 22.2. The molecule has 3 aromatic carbocycles. The highest BCUT2D eigenvalue weighted by molar-refractivity contribution is 7.92. The molecule has 0 heterocycles. The molecule has 0 spiro atoms. The van der Waals surface area contributed by atoms with Gasteiger partial charge in [-0.15, -0.1) is 0 Å². The van der Waals surface area contributed by atoms with Crippen molar-refractivity contribution in [3.63, 3.8) is 0 Å². The first kappa shape index (κ1) is 20.0. The highest BCUT2D eigenvalue weighted by Crippen LogP contribution is 2.29. The Hall–Kier alpha value is -3.79. The van der Waals surface area contributed by atoms with Crippen molar-refractivity contribution in [3.05, 3.63) is 105 Å². The van der Waals surface area contributed by atoms with Gasteiger partial charge in [0.2, 0.25) is 0 Å². The van der Waals surface area contributed by atoms with Gasteiger partial charge in [-0.3, -0.25) is 24.5 Å². The van der Waals surface area contributed by atoms with E-state index in [4.69, 9.17) is 0 Å². The molecule has 9 nitrogen and oxygen atoms in total. The highest BCUT2D eigenvalue weighted by atomic mass is 32.2. The van der Waals surface area contributed by atoms with Crippen LogP contribution in [0.25, 0.3) is 0 Å². The summed E-state index contributed by atoms with van der Waals surface area (Å²) >= 11 is 0. The summed E-state index contributed by atoms with van der Waals surface area (Å²) < 4.78 is 27.5. The number of non-ortho nitro benzene ring substituents is 2. The molecule has 0 N–H and O–H groups in total. The Bertz CT molecular complexity index is 1170. The number of sulfonamides is 1. The third kappa shape index (κ3) is 4.38. The minimum atomic E-state index is -4.09. The molecule has 0 aromatic heterocycles. The van der Waals surface area contributed by atoms with E-state index in [1.165, 1.54) is 48.5 Å². The van der Waals surface area contributed by atoms with Crippen LogP contribution in [0, 0.1) is 20.2 Å². The molecule has 0 unspecified atom stereocenters. The lowest BCUT2D eigenvalue weighted by Crippen LogP contribution is -2.30. The third-order valence-corrected chi connectivity index (χ3v) is 5.90. The predicted octanol–water partition coefficient (Wildman–Crippen LogP) is 3.90. The van der Waals surface area contributed by atoms with Crippen LogP contribution in [0.1, 0.15) is 5.56 Å². The van der Waals surface area contributed by atoms with E-state index in [0.717, 1.165) is 10.4 Å². The van der Waals surface area contributed by atoms with Crippen molar-refractivity contribution in [2.75, 3.05) is 4.31 Å². The van der Waals surface area contributed by atoms with Crippen LogP contribution in [-0.4, -0.2) is 18.3 Å². The van der Waals surface area contributed by atoms with Crippen LogP contribution in [0.3, 0.4) is 0 Å². The molecule has 0 fully saturated rings. The molecule has 10 heteroatoms. The second-order valence-corrected chi connectivity index (χ2v) is 7.89. The van der Waals surface area contributed by atoms with Crippen LogP contribution in [0.2, 0.25) is 0 Å². The van der Waals surface area contributed by atoms with Crippen molar-refractivity contribution in [3.8, 4) is 0 Å². The van der Waals surface area contributed by atoms with Crippen LogP contribution in [0.15, 0.2) is 83.8 Å². The van der Waals surface area contributed by atoms with Crippen LogP contribution in [0.4, 0.5) is 17.1 Å². The van der Waals surface area contributed by atoms with Gasteiger partial charge >= 0.3 is 0 Å². The molecule has 29 heavy (non-hydrogen) atoms. The van der Waals surface area contributed by atoms with Gasteiger partial charge in [-0.05, 0) is 23.8 Å². The van der Waals surface area contributed by atoms with Gasteiger partial charge in [0, 0.05) is 24.3 Å². The number of nitro groups is 2. The molecule has 0 aliphatic heterocycles. The molecule has 0 saturated heterocycles. The van der Waals surface area contributed by atoms with Crippen LogP contribution >= 0.6 is 0 Å². The summed E-state index contributed by atoms with van der Waals surface area (Å²) in [5.74, 6) is 0. The number of rotatable bonds is 7. The second kappa shape index (κ2) is 8.07. The maximum atomic E-state index is 13.3. The number of hydrogen-bond donors (Lipinski definition) is 0. The zero-order valence-electron chi connectivity index (χ0n) is 14.9. The topological polar surface area (TPSA) is 124 Å². The summed E-state index contributed by atoms with van der Waals surface area (Å²) in [4.78, 5) is 21.0. The molecule has 0 bridgehead atoms. The van der Waals surface area contributed by atoms with Gasteiger partial charge in [-0.2, -0.15) is 0 Å². The lowest BCUT2D eigenvalue weighted by molar-refractivity contribution is -0.385. The zero-order valence-corrected chi connectivity index (χ0v) is 15.7. The number of hydrogen-bond acceptors (Lipinski definition) is 6. The second-order valence-electron chi connectivity index (χ2n) is 6.03. The third-order valence-electron chi connectivity index (χ3n) is 4.11. The number of anilines is 1. The maximum Gasteiger partial charge on any atom is 0.271 e. The fraction of sp³-hybridized carbons (Fsp3) is 0.0526. The van der Waals surface area contributed by atoms with Crippen LogP contribution in [-0.2, 0) is 16.6 Å². The van der Waals surface area contributed by atoms with E-state index in [9.17, 15) is 28.6 Å². The Morgan fingerprint density at radius 3 is 1.97 bits per heavy atom. The van der Waals surface area contributed by atoms with Crippen molar-refractivity contribution >= 4 is 27.1 Å². The summed E-state index contributed by atoms with van der Waals surface area (Å²) in [6.45, 7) is -0.236. The van der Waals surface area contributed by atoms with Crippen molar-refractivity contribution < 1.29 is 18.3 Å². The van der Waals surface area contributed by atoms with E-state index in [-0.39, 0.29) is 28.5 Å². The Kier molecular flexibility index (Phi) is 5.55. The minimum absolute atomic E-state index is 0.00284. The first-order valence-corrected chi connectivity index (χ1v) is 9.78. The largest absolute Gasteiger partial charge is 0.271 e. The van der Waals surface area contributed by atoms with E-state index < -0.39 is 19.9 Å². The molecule has 148 valence electrons. The maximum absolute atomic E-state index is 13.3. The van der Waals surface area contributed by atoms with Gasteiger partial charge in [-0.1, -0.05) is 36.4 Å². The molecule has 0 amide bonds. The van der Waals surface area contributed by atoms with Gasteiger partial charge in [0.25, 0.3) is 21.4 Å². The Morgan fingerprint density at radius 1 is 0.759 bits per heavy atom. The van der Waals surface area contributed by atoms with Crippen molar-refractivity contribution in [1.82, 2.24) is 0 Å². The molecule has 3 aromatic rings. The average molecular weight is 413 g/mol. The number of benzene rings is 3. The molecule has 0 atom stereocenters. The van der Waals surface area contributed by atoms with E-state index in [2.05, 4.69) is 0 Å². The van der Waals surface area contributed by atoms with E-state index >= 15 is 0 Å². The quantitative estimate of drug-likeness (QED) is 0.427. The molecule has 0 aliphatic carbocycles. The molecule has 3 rings (SSSR count). The Labute approximate surface area is 166 Å². The Morgan fingerprint density at radius 2 is 1.34 bits per heavy atom. The number of nitrogens with zero attached hydrogens (tertiary/aromatic N) is 3. The minimum Gasteiger partial charge on any atom is -0.262 e. The molecule has 0 radical (unpaired) electrons. The van der Waals surface area contributed by atoms with Gasteiger partial charge in [-0.25, -0.2) is 8.42 Å². The monoisotopic (exact) mass is 413 g/mol. The summed E-state index contributed by atoms with van der Waals surface area (Å²) in [6, 6.07) is 18.4. The van der Waals surface area contributed by atoms with Gasteiger partial charge in [0.1, 0.15) is 0 Å². The first-order valence-electron chi connectivity index (χ1n) is 8.34. The van der Waals surface area contributed by atoms with Gasteiger partial charge < -0.3 is 0 Å². The first-order chi connectivity index (χ1) is 13.8. The summed E-state index contributed by atoms with van der Waals surface area (Å²) in [7, 11) is -4.09. The molecular weight excluding hydrogens is 398 g/mol. The lowest BCUT2D eigenvalue weighted by Gasteiger charge is -2.24. The molecular formula is C19H15N3O6S. The summed E-state index contributed by atoms with van der Waals surface area (Å²) in [5.41, 5.74) is -0.00632.